The Labute approximate surface area is 91.1 Å². The third-order valence-corrected chi connectivity index (χ3v) is 1.77. The Hall–Kier alpha value is -1.64. The molecule has 1 heterocycles. The Morgan fingerprint density at radius 2 is 2.27 bits per heavy atom. The van der Waals surface area contributed by atoms with Crippen molar-refractivity contribution in [2.45, 2.75) is 13.8 Å². The van der Waals surface area contributed by atoms with Gasteiger partial charge in [0.05, 0.1) is 0 Å². The van der Waals surface area contributed by atoms with Crippen LogP contribution >= 0.6 is 0 Å². The molecule has 0 bridgehead atoms. The van der Waals surface area contributed by atoms with Gasteiger partial charge < -0.3 is 0 Å². The summed E-state index contributed by atoms with van der Waals surface area (Å²) >= 11 is 0. The van der Waals surface area contributed by atoms with Crippen LogP contribution in [0.3, 0.4) is 0 Å². The Morgan fingerprint density at radius 1 is 1.53 bits per heavy atom. The molecule has 15 heavy (non-hydrogen) atoms. The van der Waals surface area contributed by atoms with Crippen LogP contribution in [0.2, 0.25) is 0 Å². The molecule has 0 saturated heterocycles. The molecular weight excluding hydrogens is 185 g/mol. The fourth-order valence-corrected chi connectivity index (χ4v) is 1.20. The number of hydrogen-bond donors (Lipinski definition) is 0. The number of aliphatic imine (C=N–C) groups is 1. The Bertz CT molecular complexity index is 423. The summed E-state index contributed by atoms with van der Waals surface area (Å²) in [6.07, 6.45) is 5.14. The van der Waals surface area contributed by atoms with Crippen LogP contribution in [0.4, 0.5) is 0 Å². The first-order chi connectivity index (χ1) is 7.19. The van der Waals surface area contributed by atoms with Gasteiger partial charge >= 0.3 is 90.5 Å². The molecule has 0 spiro atoms. The first kappa shape index (κ1) is 11.4. The van der Waals surface area contributed by atoms with E-state index in [-0.39, 0.29) is 0 Å². The van der Waals surface area contributed by atoms with E-state index < -0.39 is 0 Å². The van der Waals surface area contributed by atoms with Gasteiger partial charge in [-0.15, -0.1) is 0 Å². The summed E-state index contributed by atoms with van der Waals surface area (Å²) in [6, 6.07) is 1.86. The molecule has 2 nitrogen and oxygen atoms in total. The SMILES string of the molecule is B=Cc1ccoc1/C(=C/C=C)N=C(C)C. The molecule has 0 aliphatic heterocycles. The second-order valence-electron chi connectivity index (χ2n) is 3.26. The summed E-state index contributed by atoms with van der Waals surface area (Å²) in [7, 11) is 3.72. The summed E-state index contributed by atoms with van der Waals surface area (Å²) in [4.78, 5) is 4.38. The van der Waals surface area contributed by atoms with Gasteiger partial charge in [0.2, 0.25) is 0 Å². The Balaban J connectivity index is 3.21. The summed E-state index contributed by atoms with van der Waals surface area (Å²) in [5, 5.41) is 0. The monoisotopic (exact) mass is 199 g/mol. The zero-order valence-corrected chi connectivity index (χ0v) is 9.16. The van der Waals surface area contributed by atoms with Gasteiger partial charge in [0.25, 0.3) is 0 Å². The van der Waals surface area contributed by atoms with Gasteiger partial charge in [-0.3, -0.25) is 0 Å². The molecule has 0 unspecified atom stereocenters. The van der Waals surface area contributed by atoms with Crippen molar-refractivity contribution in [2.75, 3.05) is 0 Å². The molecule has 1 rings (SSSR count). The van der Waals surface area contributed by atoms with Crippen LogP contribution in [0.25, 0.3) is 5.70 Å². The van der Waals surface area contributed by atoms with Crippen LogP contribution in [0, 0.1) is 0 Å². The summed E-state index contributed by atoms with van der Waals surface area (Å²) in [5.74, 6) is 2.47. The van der Waals surface area contributed by atoms with E-state index in [1.165, 1.54) is 0 Å². The maximum atomic E-state index is 5.38. The minimum atomic E-state index is 0.728. The van der Waals surface area contributed by atoms with Crippen molar-refractivity contribution >= 4 is 24.9 Å². The van der Waals surface area contributed by atoms with Crippen molar-refractivity contribution in [2.24, 2.45) is 4.99 Å². The van der Waals surface area contributed by atoms with Gasteiger partial charge in [-0.25, -0.2) is 0 Å². The standard InChI is InChI=1S/C12H14BNO/c1-4-5-11(14-9(2)3)12-10(8-13)6-7-15-12/h4-8,13H,1H2,2-3H3/b11-5-. The van der Waals surface area contributed by atoms with E-state index in [1.807, 2.05) is 26.0 Å². The van der Waals surface area contributed by atoms with Crippen LogP contribution < -0.4 is 0 Å². The molecule has 0 saturated carbocycles. The van der Waals surface area contributed by atoms with Gasteiger partial charge in [0.1, 0.15) is 0 Å². The molecule has 0 aliphatic rings. The molecule has 1 aromatic rings. The Kier molecular flexibility index (Phi) is 4.04. The molecule has 0 aliphatic carbocycles. The first-order valence-corrected chi connectivity index (χ1v) is 4.74. The fraction of sp³-hybridized carbons (Fsp3) is 0.167. The third kappa shape index (κ3) is 2.91. The van der Waals surface area contributed by atoms with Crippen molar-refractivity contribution in [3.8, 4) is 0 Å². The minimum absolute atomic E-state index is 0.728. The quantitative estimate of drug-likeness (QED) is 0.415. The number of allylic oxidation sites excluding steroid dienone is 2. The van der Waals surface area contributed by atoms with Crippen molar-refractivity contribution < 1.29 is 4.42 Å². The van der Waals surface area contributed by atoms with E-state index in [0.29, 0.717) is 0 Å². The van der Waals surface area contributed by atoms with Crippen LogP contribution in [0.1, 0.15) is 25.2 Å². The molecule has 3 heteroatoms. The molecule has 0 aromatic carbocycles. The van der Waals surface area contributed by atoms with Gasteiger partial charge in [-0.2, -0.15) is 0 Å². The first-order valence-electron chi connectivity index (χ1n) is 4.74. The van der Waals surface area contributed by atoms with Gasteiger partial charge in [0, 0.05) is 0 Å². The second-order valence-corrected chi connectivity index (χ2v) is 3.26. The van der Waals surface area contributed by atoms with Crippen LogP contribution in [0.5, 0.6) is 0 Å². The van der Waals surface area contributed by atoms with Crippen LogP contribution in [0.15, 0.2) is 40.5 Å². The molecule has 0 amide bonds. The molecule has 0 radical (unpaired) electrons. The zero-order chi connectivity index (χ0) is 11.3. The fourth-order valence-electron chi connectivity index (χ4n) is 1.20. The molecule has 0 atom stereocenters. The van der Waals surface area contributed by atoms with Crippen molar-refractivity contribution in [3.05, 3.63) is 42.4 Å². The summed E-state index contributed by atoms with van der Waals surface area (Å²) in [6.45, 7) is 7.54. The number of furan rings is 1. The maximum absolute atomic E-state index is 5.38. The average molecular weight is 199 g/mol. The van der Waals surface area contributed by atoms with E-state index in [9.17, 15) is 0 Å². The molecular formula is C12H14BNO. The molecule has 0 fully saturated rings. The topological polar surface area (TPSA) is 25.5 Å². The van der Waals surface area contributed by atoms with E-state index in [2.05, 4.69) is 19.1 Å². The van der Waals surface area contributed by atoms with Crippen molar-refractivity contribution in [1.82, 2.24) is 0 Å². The number of hydrogen-bond acceptors (Lipinski definition) is 2. The van der Waals surface area contributed by atoms with E-state index in [1.54, 1.807) is 18.3 Å². The second kappa shape index (κ2) is 5.30. The van der Waals surface area contributed by atoms with Gasteiger partial charge in [-0.05, 0) is 0 Å². The Morgan fingerprint density at radius 3 is 2.80 bits per heavy atom. The normalized spacial score (nSPS) is 10.9. The molecule has 76 valence electrons. The van der Waals surface area contributed by atoms with Crippen molar-refractivity contribution in [1.29, 1.82) is 0 Å². The van der Waals surface area contributed by atoms with Crippen LogP contribution in [-0.2, 0) is 0 Å². The predicted octanol–water partition coefficient (Wildman–Crippen LogP) is 2.34. The van der Waals surface area contributed by atoms with Crippen molar-refractivity contribution in [3.63, 3.8) is 0 Å². The molecule has 0 N–H and O–H groups in total. The average Bonchev–Trinajstić information content (AvgIpc) is 2.64. The number of nitrogens with zero attached hydrogens (tertiary/aromatic N) is 1. The number of rotatable bonds is 4. The summed E-state index contributed by atoms with van der Waals surface area (Å²) < 4.78 is 5.38. The van der Waals surface area contributed by atoms with E-state index in [4.69, 9.17) is 4.42 Å². The molecule has 1 aromatic heterocycles. The van der Waals surface area contributed by atoms with Gasteiger partial charge in [0.15, 0.2) is 0 Å². The zero-order valence-electron chi connectivity index (χ0n) is 9.16. The van der Waals surface area contributed by atoms with Crippen LogP contribution in [-0.4, -0.2) is 19.2 Å². The summed E-state index contributed by atoms with van der Waals surface area (Å²) in [5.41, 5.74) is 2.67. The predicted molar refractivity (Wildman–Crippen MR) is 68.0 cm³/mol. The van der Waals surface area contributed by atoms with E-state index >= 15 is 0 Å². The van der Waals surface area contributed by atoms with E-state index in [0.717, 1.165) is 22.7 Å². The van der Waals surface area contributed by atoms with Gasteiger partial charge in [-0.1, -0.05) is 0 Å². The third-order valence-electron chi connectivity index (χ3n) is 1.77.